The van der Waals surface area contributed by atoms with Crippen molar-refractivity contribution in [2.24, 2.45) is 0 Å². The summed E-state index contributed by atoms with van der Waals surface area (Å²) in [6.07, 6.45) is 0. The van der Waals surface area contributed by atoms with E-state index in [0.717, 1.165) is 11.5 Å². The molecule has 1 nitrogen and oxygen atoms in total. The van der Waals surface area contributed by atoms with Crippen molar-refractivity contribution >= 4 is 50.5 Å². The number of nitrogens with zero attached hydrogens (tertiary/aromatic N) is 1. The summed E-state index contributed by atoms with van der Waals surface area (Å²) in [5.41, 5.74) is 7.43. The molecule has 0 aliphatic heterocycles. The van der Waals surface area contributed by atoms with E-state index in [9.17, 15) is 0 Å². The van der Waals surface area contributed by atoms with Crippen molar-refractivity contribution in [2.75, 3.05) is 16.2 Å². The molecule has 0 bridgehead atoms. The van der Waals surface area contributed by atoms with Gasteiger partial charge in [-0.15, -0.1) is 0 Å². The lowest BCUT2D eigenvalue weighted by Gasteiger charge is -2.36. The predicted molar refractivity (Wildman–Crippen MR) is 183 cm³/mol. The van der Waals surface area contributed by atoms with Crippen LogP contribution in [0.3, 0.4) is 0 Å². The van der Waals surface area contributed by atoms with Crippen LogP contribution >= 0.6 is 27.4 Å². The third kappa shape index (κ3) is 6.51. The Kier molecular flexibility index (Phi) is 9.76. The molecule has 0 N–H and O–H groups in total. The molecule has 0 radical (unpaired) electrons. The van der Waals surface area contributed by atoms with Crippen LogP contribution in [0, 0.1) is 0 Å². The Morgan fingerprint density at radius 1 is 0.538 bits per heavy atom. The zero-order chi connectivity index (χ0) is 28.1. The number of anilines is 2. The van der Waals surface area contributed by atoms with Gasteiger partial charge < -0.3 is 0 Å². The summed E-state index contributed by atoms with van der Waals surface area (Å²) in [4.78, 5) is 0. The van der Waals surface area contributed by atoms with Crippen LogP contribution in [-0.4, -0.2) is 11.5 Å². The summed E-state index contributed by atoms with van der Waals surface area (Å²) in [6, 6.07) is 39.7. The van der Waals surface area contributed by atoms with E-state index in [-0.39, 0.29) is 10.8 Å². The third-order valence-corrected chi connectivity index (χ3v) is 18.4. The normalized spacial score (nSPS) is 12.4. The topological polar surface area (TPSA) is 3.24 Å². The lowest BCUT2D eigenvalue weighted by Crippen LogP contribution is -2.19. The van der Waals surface area contributed by atoms with Crippen molar-refractivity contribution in [3.05, 3.63) is 131 Å². The van der Waals surface area contributed by atoms with Gasteiger partial charge in [-0.25, -0.2) is 0 Å². The second-order valence-corrected chi connectivity index (χ2v) is 22.1. The molecule has 0 aromatic heterocycles. The Labute approximate surface area is 249 Å². The maximum absolute atomic E-state index is 6.51. The average Bonchev–Trinajstić information content (AvgIpc) is 2.95. The smallest absolute Gasteiger partial charge is 0.147 e. The fraction of sp³-hybridized carbons (Fsp3) is 0.294. The quantitative estimate of drug-likeness (QED) is 0.160. The van der Waals surface area contributed by atoms with E-state index in [0.29, 0.717) is 0 Å². The van der Waals surface area contributed by atoms with Crippen molar-refractivity contribution in [3.8, 4) is 0 Å². The largest absolute Gasteiger partial charge is 0.297 e. The first kappa shape index (κ1) is 30.0. The van der Waals surface area contributed by atoms with E-state index in [1.165, 1.54) is 33.6 Å². The molecular formula is C34H40NPS3. The Morgan fingerprint density at radius 3 is 1.15 bits per heavy atom. The highest BCUT2D eigenvalue weighted by atomic mass is 33.2. The zero-order valence-corrected chi connectivity index (χ0v) is 27.3. The highest BCUT2D eigenvalue weighted by Crippen LogP contribution is 2.74. The van der Waals surface area contributed by atoms with Crippen LogP contribution < -0.4 is 4.67 Å². The molecule has 0 aliphatic rings. The van der Waals surface area contributed by atoms with Crippen LogP contribution in [0.25, 0.3) is 0 Å². The van der Waals surface area contributed by atoms with Crippen LogP contribution in [0.4, 0.5) is 11.4 Å². The van der Waals surface area contributed by atoms with Gasteiger partial charge in [-0.1, -0.05) is 161 Å². The molecule has 0 unspecified atom stereocenters. The van der Waals surface area contributed by atoms with Gasteiger partial charge in [0.25, 0.3) is 0 Å². The Balaban J connectivity index is 1.75. The van der Waals surface area contributed by atoms with E-state index >= 15 is 0 Å². The van der Waals surface area contributed by atoms with Crippen LogP contribution in [0.1, 0.15) is 63.8 Å². The number of hydrogen-bond acceptors (Lipinski definition) is 3. The summed E-state index contributed by atoms with van der Waals surface area (Å²) >= 11 is 10.4. The summed E-state index contributed by atoms with van der Waals surface area (Å²) < 4.78 is 0.461. The monoisotopic (exact) mass is 589 g/mol. The van der Waals surface area contributed by atoms with Gasteiger partial charge in [0.1, 0.15) is 4.59 Å². The van der Waals surface area contributed by atoms with E-state index in [1.54, 1.807) is 0 Å². The van der Waals surface area contributed by atoms with Gasteiger partial charge in [0.05, 0.1) is 0 Å². The standard InChI is InChI=1S/C34H40NPS3/c1-7-38-36(37,39-8-2)35(31-23-19-29(20-24-31)33(3,4)27-15-11-9-12-16-27)32-25-21-30(22-26-32)34(5,6)28-17-13-10-14-18-28/h9-26H,7-8H2,1-6H3. The highest BCUT2D eigenvalue weighted by molar-refractivity contribution is 9.00. The highest BCUT2D eigenvalue weighted by Gasteiger charge is 2.30. The minimum absolute atomic E-state index is 0.0776. The lowest BCUT2D eigenvalue weighted by molar-refractivity contribution is 0.641. The molecule has 204 valence electrons. The molecule has 4 aromatic carbocycles. The summed E-state index contributed by atoms with van der Waals surface area (Å²) in [5.74, 6) is 2.00. The fourth-order valence-corrected chi connectivity index (χ4v) is 15.8. The van der Waals surface area contributed by atoms with Crippen molar-refractivity contribution in [2.45, 2.75) is 52.4 Å². The van der Waals surface area contributed by atoms with Crippen molar-refractivity contribution in [3.63, 3.8) is 0 Å². The lowest BCUT2D eigenvalue weighted by atomic mass is 9.78. The molecule has 0 saturated carbocycles. The zero-order valence-electron chi connectivity index (χ0n) is 23.9. The average molecular weight is 590 g/mol. The van der Waals surface area contributed by atoms with Crippen molar-refractivity contribution in [1.82, 2.24) is 0 Å². The van der Waals surface area contributed by atoms with E-state index in [2.05, 4.69) is 155 Å². The maximum atomic E-state index is 6.51. The maximum Gasteiger partial charge on any atom is 0.147 e. The molecule has 5 heteroatoms. The van der Waals surface area contributed by atoms with E-state index < -0.39 is 4.59 Å². The van der Waals surface area contributed by atoms with Crippen LogP contribution in [0.5, 0.6) is 0 Å². The summed E-state index contributed by atoms with van der Waals surface area (Å²) in [7, 11) is 0. The molecule has 0 saturated heterocycles. The van der Waals surface area contributed by atoms with E-state index in [1.807, 2.05) is 22.8 Å². The molecule has 0 fully saturated rings. The van der Waals surface area contributed by atoms with Crippen LogP contribution in [-0.2, 0) is 22.6 Å². The van der Waals surface area contributed by atoms with Gasteiger partial charge in [0.2, 0.25) is 0 Å². The fourth-order valence-electron chi connectivity index (χ4n) is 4.99. The van der Waals surface area contributed by atoms with Crippen molar-refractivity contribution in [1.29, 1.82) is 0 Å². The van der Waals surface area contributed by atoms with Gasteiger partial charge >= 0.3 is 0 Å². The van der Waals surface area contributed by atoms with Crippen LogP contribution in [0.2, 0.25) is 0 Å². The molecule has 39 heavy (non-hydrogen) atoms. The van der Waals surface area contributed by atoms with Crippen molar-refractivity contribution < 1.29 is 0 Å². The second kappa shape index (κ2) is 12.7. The Hall–Kier alpha value is -1.97. The molecule has 0 amide bonds. The minimum Gasteiger partial charge on any atom is -0.297 e. The molecule has 0 spiro atoms. The first-order chi connectivity index (χ1) is 18.6. The Bertz CT molecular complexity index is 1280. The number of benzene rings is 4. The molecule has 0 heterocycles. The Morgan fingerprint density at radius 2 is 0.846 bits per heavy atom. The number of rotatable bonds is 11. The first-order valence-corrected chi connectivity index (χ1v) is 19.6. The first-order valence-electron chi connectivity index (χ1n) is 13.7. The summed E-state index contributed by atoms with van der Waals surface area (Å²) in [5, 5.41) is 0. The molecule has 0 aliphatic carbocycles. The number of hydrogen-bond donors (Lipinski definition) is 0. The molecule has 4 aromatic rings. The predicted octanol–water partition coefficient (Wildman–Crippen LogP) is 11.2. The SMILES string of the molecule is CCSP(=S)(SCC)N(c1ccc(C(C)(C)c2ccccc2)cc1)c1ccc(C(C)(C)c2ccccc2)cc1. The van der Waals surface area contributed by atoms with Gasteiger partial charge in [-0.3, -0.25) is 4.67 Å². The van der Waals surface area contributed by atoms with Crippen LogP contribution in [0.15, 0.2) is 109 Å². The third-order valence-electron chi connectivity index (χ3n) is 7.49. The van der Waals surface area contributed by atoms with Gasteiger partial charge in [0.15, 0.2) is 0 Å². The molecule has 4 rings (SSSR count). The van der Waals surface area contributed by atoms with E-state index in [4.69, 9.17) is 11.8 Å². The minimum atomic E-state index is -2.00. The molecular weight excluding hydrogens is 550 g/mol. The second-order valence-electron chi connectivity index (χ2n) is 10.7. The molecule has 0 atom stereocenters. The van der Waals surface area contributed by atoms with Gasteiger partial charge in [-0.05, 0) is 58.0 Å². The van der Waals surface area contributed by atoms with Gasteiger partial charge in [-0.2, -0.15) is 0 Å². The van der Waals surface area contributed by atoms with Gasteiger partial charge in [0, 0.05) is 22.2 Å². The summed E-state index contributed by atoms with van der Waals surface area (Å²) in [6.45, 7) is 13.6.